The third-order valence-electron chi connectivity index (χ3n) is 3.24. The summed E-state index contributed by atoms with van der Waals surface area (Å²) in [6, 6.07) is 7.61. The molecule has 0 aliphatic rings. The van der Waals surface area contributed by atoms with Crippen LogP contribution in [0.5, 0.6) is 5.75 Å². The van der Waals surface area contributed by atoms with Gasteiger partial charge in [0.05, 0.1) is 12.7 Å². The van der Waals surface area contributed by atoms with Crippen LogP contribution < -0.4 is 10.1 Å². The van der Waals surface area contributed by atoms with Crippen molar-refractivity contribution in [3.63, 3.8) is 0 Å². The maximum atomic E-state index is 12.0. The van der Waals surface area contributed by atoms with Crippen molar-refractivity contribution in [2.45, 2.75) is 32.2 Å². The number of likely N-dealkylation sites (N-methyl/N-ethyl adjacent to an activating group) is 1. The molecular weight excluding hydrogens is 314 g/mol. The van der Waals surface area contributed by atoms with Crippen LogP contribution in [-0.4, -0.2) is 43.6 Å². The minimum absolute atomic E-state index is 0.146. The predicted octanol–water partition coefficient (Wildman–Crippen LogP) is 2.77. The summed E-state index contributed by atoms with van der Waals surface area (Å²) in [5.41, 5.74) is 0.0738. The quantitative estimate of drug-likeness (QED) is 0.741. The van der Waals surface area contributed by atoms with Gasteiger partial charge in [0.25, 0.3) is 0 Å². The molecule has 126 valence electrons. The molecule has 0 unspecified atom stereocenters. The molecule has 5 nitrogen and oxygen atoms in total. The van der Waals surface area contributed by atoms with Crippen molar-refractivity contribution in [2.75, 3.05) is 27.2 Å². The maximum Gasteiger partial charge on any atom is 0.221 e. The average molecular weight is 338 g/mol. The highest BCUT2D eigenvalue weighted by molar-refractivity contribution is 6.31. The van der Waals surface area contributed by atoms with Crippen LogP contribution in [0.2, 0.25) is 5.02 Å². The number of hydrogen-bond acceptors (Lipinski definition) is 4. The second-order valence-electron chi connectivity index (χ2n) is 6.09. The Morgan fingerprint density at radius 3 is 2.74 bits per heavy atom. The lowest BCUT2D eigenvalue weighted by Crippen LogP contribution is -2.51. The fraction of sp³-hybridized carbons (Fsp3) is 0.529. The molecule has 0 spiro atoms. The number of ether oxygens (including phenoxy) is 1. The van der Waals surface area contributed by atoms with E-state index < -0.39 is 5.54 Å². The van der Waals surface area contributed by atoms with Crippen LogP contribution in [-0.2, 0) is 4.79 Å². The summed E-state index contributed by atoms with van der Waals surface area (Å²) in [7, 11) is 3.73. The Kier molecular flexibility index (Phi) is 7.34. The molecule has 0 heterocycles. The van der Waals surface area contributed by atoms with Gasteiger partial charge in [-0.05, 0) is 58.1 Å². The largest absolute Gasteiger partial charge is 0.494 e. The molecule has 23 heavy (non-hydrogen) atoms. The average Bonchev–Trinajstić information content (AvgIpc) is 2.46. The molecule has 0 aliphatic heterocycles. The number of hydrogen-bond donors (Lipinski definition) is 1. The molecule has 0 saturated heterocycles. The maximum absolute atomic E-state index is 12.0. The van der Waals surface area contributed by atoms with Gasteiger partial charge in [-0.2, -0.15) is 5.26 Å². The van der Waals surface area contributed by atoms with Gasteiger partial charge in [0.2, 0.25) is 5.91 Å². The van der Waals surface area contributed by atoms with Crippen LogP contribution in [0.4, 0.5) is 0 Å². The molecule has 1 rings (SSSR count). The molecule has 1 amide bonds. The Labute approximate surface area is 143 Å². The molecule has 0 bridgehead atoms. The van der Waals surface area contributed by atoms with Gasteiger partial charge in [-0.25, -0.2) is 0 Å². The van der Waals surface area contributed by atoms with Crippen LogP contribution in [0.1, 0.15) is 25.3 Å². The summed E-state index contributed by atoms with van der Waals surface area (Å²) in [6.45, 7) is 4.54. The van der Waals surface area contributed by atoms with E-state index in [2.05, 4.69) is 11.4 Å². The summed E-state index contributed by atoms with van der Waals surface area (Å²) < 4.78 is 5.60. The zero-order valence-corrected chi connectivity index (χ0v) is 14.9. The number of carbonyl (C=O) groups excluding carboxylic acids is 1. The Balaban J connectivity index is 2.36. The van der Waals surface area contributed by atoms with Crippen LogP contribution in [0.15, 0.2) is 18.2 Å². The van der Waals surface area contributed by atoms with Crippen LogP contribution in [0.25, 0.3) is 0 Å². The minimum atomic E-state index is -0.880. The van der Waals surface area contributed by atoms with Gasteiger partial charge >= 0.3 is 0 Å². The summed E-state index contributed by atoms with van der Waals surface area (Å²) in [5.74, 6) is 0.591. The molecule has 1 aromatic carbocycles. The zero-order chi connectivity index (χ0) is 17.5. The van der Waals surface area contributed by atoms with Crippen molar-refractivity contribution >= 4 is 17.5 Å². The minimum Gasteiger partial charge on any atom is -0.494 e. The normalized spacial score (nSPS) is 13.3. The van der Waals surface area contributed by atoms with Gasteiger partial charge in [-0.3, -0.25) is 4.79 Å². The second-order valence-corrected chi connectivity index (χ2v) is 6.50. The Hall–Kier alpha value is -1.77. The lowest BCUT2D eigenvalue weighted by Gasteiger charge is -2.26. The number of nitriles is 1. The summed E-state index contributed by atoms with van der Waals surface area (Å²) in [4.78, 5) is 13.8. The van der Waals surface area contributed by atoms with E-state index in [4.69, 9.17) is 16.3 Å². The molecule has 0 aromatic heterocycles. The van der Waals surface area contributed by atoms with Gasteiger partial charge in [-0.1, -0.05) is 11.6 Å². The number of amides is 1. The second kappa shape index (κ2) is 8.76. The van der Waals surface area contributed by atoms with E-state index >= 15 is 0 Å². The highest BCUT2D eigenvalue weighted by Crippen LogP contribution is 2.21. The van der Waals surface area contributed by atoms with Crippen molar-refractivity contribution in [1.82, 2.24) is 10.2 Å². The van der Waals surface area contributed by atoms with Crippen molar-refractivity contribution < 1.29 is 9.53 Å². The molecule has 1 atom stereocenters. The summed E-state index contributed by atoms with van der Waals surface area (Å²) in [6.07, 6.45) is 0.897. The molecule has 0 radical (unpaired) electrons. The van der Waals surface area contributed by atoms with Crippen LogP contribution in [0.3, 0.4) is 0 Å². The molecule has 6 heteroatoms. The topological polar surface area (TPSA) is 65.4 Å². The molecule has 0 aliphatic carbocycles. The van der Waals surface area contributed by atoms with Crippen LogP contribution in [0, 0.1) is 18.3 Å². The Bertz CT molecular complexity index is 584. The summed E-state index contributed by atoms with van der Waals surface area (Å²) >= 11 is 5.96. The smallest absolute Gasteiger partial charge is 0.221 e. The third kappa shape index (κ3) is 6.89. The molecule has 0 saturated carbocycles. The van der Waals surface area contributed by atoms with Crippen LogP contribution >= 0.6 is 11.6 Å². The number of rotatable bonds is 8. The number of carbonyl (C=O) groups is 1. The van der Waals surface area contributed by atoms with E-state index in [0.29, 0.717) is 31.0 Å². The fourth-order valence-corrected chi connectivity index (χ4v) is 2.35. The first-order chi connectivity index (χ1) is 10.8. The number of nitrogens with one attached hydrogen (secondary N) is 1. The van der Waals surface area contributed by atoms with E-state index in [0.717, 1.165) is 11.3 Å². The first-order valence-corrected chi connectivity index (χ1v) is 7.89. The fourth-order valence-electron chi connectivity index (χ4n) is 2.24. The third-order valence-corrected chi connectivity index (χ3v) is 3.66. The molecular formula is C17H24ClN3O2. The zero-order valence-electron chi connectivity index (χ0n) is 14.1. The standard InChI is InChI=1S/C17H24ClN3O2/c1-13-10-14(7-8-15(13)18)23-9-5-6-16(22)20-17(2,11-19)12-21(3)4/h7-8,10H,5-6,9,12H2,1-4H3,(H,20,22)/t17-/m1/s1. The van der Waals surface area contributed by atoms with Crippen molar-refractivity contribution in [3.05, 3.63) is 28.8 Å². The van der Waals surface area contributed by atoms with Gasteiger partial charge in [0.15, 0.2) is 0 Å². The summed E-state index contributed by atoms with van der Waals surface area (Å²) in [5, 5.41) is 12.7. The molecule has 1 N–H and O–H groups in total. The van der Waals surface area contributed by atoms with E-state index in [1.807, 2.05) is 32.0 Å². The Morgan fingerprint density at radius 2 is 2.17 bits per heavy atom. The lowest BCUT2D eigenvalue weighted by atomic mass is 10.0. The number of benzene rings is 1. The number of aryl methyl sites for hydroxylation is 1. The lowest BCUT2D eigenvalue weighted by molar-refractivity contribution is -0.122. The Morgan fingerprint density at radius 1 is 1.48 bits per heavy atom. The van der Waals surface area contributed by atoms with Gasteiger partial charge in [0.1, 0.15) is 11.3 Å². The molecule has 0 fully saturated rings. The van der Waals surface area contributed by atoms with Crippen molar-refractivity contribution in [1.29, 1.82) is 5.26 Å². The van der Waals surface area contributed by atoms with E-state index in [9.17, 15) is 10.1 Å². The first-order valence-electron chi connectivity index (χ1n) is 7.52. The first kappa shape index (κ1) is 19.3. The highest BCUT2D eigenvalue weighted by Gasteiger charge is 2.26. The van der Waals surface area contributed by atoms with Gasteiger partial charge in [-0.15, -0.1) is 0 Å². The SMILES string of the molecule is Cc1cc(OCCCC(=O)N[C@](C)(C#N)CN(C)C)ccc1Cl. The van der Waals surface area contributed by atoms with E-state index in [1.165, 1.54) is 0 Å². The number of halogens is 1. The monoisotopic (exact) mass is 337 g/mol. The predicted molar refractivity (Wildman–Crippen MR) is 91.6 cm³/mol. The van der Waals surface area contributed by atoms with Crippen molar-refractivity contribution in [2.24, 2.45) is 0 Å². The molecule has 1 aromatic rings. The van der Waals surface area contributed by atoms with Gasteiger partial charge < -0.3 is 15.0 Å². The van der Waals surface area contributed by atoms with Crippen molar-refractivity contribution in [3.8, 4) is 11.8 Å². The van der Waals surface area contributed by atoms with E-state index in [-0.39, 0.29) is 5.91 Å². The number of nitrogens with zero attached hydrogens (tertiary/aromatic N) is 2. The van der Waals surface area contributed by atoms with E-state index in [1.54, 1.807) is 19.1 Å². The van der Waals surface area contributed by atoms with Gasteiger partial charge in [0, 0.05) is 18.0 Å². The highest BCUT2D eigenvalue weighted by atomic mass is 35.5.